The molecule has 0 unspecified atom stereocenters. The lowest BCUT2D eigenvalue weighted by atomic mass is 10.0. The number of hydrogen-bond donors (Lipinski definition) is 3. The second-order valence-electron chi connectivity index (χ2n) is 2.71. The van der Waals surface area contributed by atoms with Crippen molar-refractivity contribution in [2.45, 2.75) is 19.1 Å². The van der Waals surface area contributed by atoms with Crippen LogP contribution in [0.5, 0.6) is 0 Å². The number of aliphatic hydroxyl groups is 1. The van der Waals surface area contributed by atoms with Crippen LogP contribution in [0.25, 0.3) is 0 Å². The predicted molar refractivity (Wildman–Crippen MR) is 40.7 cm³/mol. The number of aliphatic hydroxyl groups excluding tert-OH is 1. The van der Waals surface area contributed by atoms with Crippen molar-refractivity contribution in [3.8, 4) is 0 Å². The second-order valence-corrected chi connectivity index (χ2v) is 2.71. The first-order valence-corrected chi connectivity index (χ1v) is 3.50. The molecule has 2 atom stereocenters. The molecule has 0 bridgehead atoms. The van der Waals surface area contributed by atoms with Crippen LogP contribution in [0.2, 0.25) is 0 Å². The molecular weight excluding hydrogens is 144 g/mol. The van der Waals surface area contributed by atoms with Gasteiger partial charge in [-0.3, -0.25) is 10.1 Å². The second kappa shape index (κ2) is 3.02. The third-order valence-corrected chi connectivity index (χ3v) is 1.79. The zero-order valence-electron chi connectivity index (χ0n) is 6.37. The van der Waals surface area contributed by atoms with Crippen molar-refractivity contribution in [2.24, 2.45) is 5.73 Å². The molecule has 0 aromatic heterocycles. The Bertz CT molecular complexity index is 201. The van der Waals surface area contributed by atoms with E-state index in [9.17, 15) is 9.90 Å². The van der Waals surface area contributed by atoms with E-state index in [4.69, 9.17) is 5.73 Å². The first kappa shape index (κ1) is 8.23. The quantitative estimate of drug-likeness (QED) is 0.415. The molecule has 1 aliphatic heterocycles. The molecular formula is C7H12N2O2. The summed E-state index contributed by atoms with van der Waals surface area (Å²) in [5, 5.41) is 12.0. The fourth-order valence-electron chi connectivity index (χ4n) is 1.02. The van der Waals surface area contributed by atoms with Crippen LogP contribution in [-0.2, 0) is 4.79 Å². The van der Waals surface area contributed by atoms with Crippen molar-refractivity contribution < 1.29 is 9.90 Å². The van der Waals surface area contributed by atoms with Crippen LogP contribution in [0.15, 0.2) is 11.6 Å². The van der Waals surface area contributed by atoms with Crippen LogP contribution in [0.4, 0.5) is 0 Å². The molecule has 0 aromatic carbocycles. The summed E-state index contributed by atoms with van der Waals surface area (Å²) in [7, 11) is 0. The molecule has 1 aliphatic rings. The molecule has 0 saturated heterocycles. The Morgan fingerprint density at radius 3 is 3.00 bits per heavy atom. The van der Waals surface area contributed by atoms with Crippen molar-refractivity contribution in [3.63, 3.8) is 0 Å². The van der Waals surface area contributed by atoms with E-state index < -0.39 is 18.1 Å². The standard InChI is InChI=1S/C7H12N2O2/c1-4-2-5(7(8)11)9-3-6(4)10/h2,5-6,9-10H,3H2,1H3,(H2,8,11)/t5-,6+/m0/s1. The van der Waals surface area contributed by atoms with Crippen LogP contribution in [0.3, 0.4) is 0 Å². The Hall–Kier alpha value is -0.870. The summed E-state index contributed by atoms with van der Waals surface area (Å²) >= 11 is 0. The Kier molecular flexibility index (Phi) is 2.26. The maximum atomic E-state index is 10.6. The number of nitrogens with two attached hydrogens (primary N) is 1. The van der Waals surface area contributed by atoms with Gasteiger partial charge in [0.1, 0.15) is 6.04 Å². The SMILES string of the molecule is CC1=C[C@@H](C(N)=O)NC[C@H]1O. The van der Waals surface area contributed by atoms with Crippen LogP contribution in [0, 0.1) is 0 Å². The topological polar surface area (TPSA) is 75.4 Å². The first-order valence-electron chi connectivity index (χ1n) is 3.50. The van der Waals surface area contributed by atoms with E-state index in [1.165, 1.54) is 0 Å². The summed E-state index contributed by atoms with van der Waals surface area (Å²) in [4.78, 5) is 10.6. The fraction of sp³-hybridized carbons (Fsp3) is 0.571. The Balaban J connectivity index is 2.69. The molecule has 4 nitrogen and oxygen atoms in total. The molecule has 0 saturated carbocycles. The summed E-state index contributed by atoms with van der Waals surface area (Å²) in [6.07, 6.45) is 1.17. The van der Waals surface area contributed by atoms with E-state index in [0.717, 1.165) is 5.57 Å². The van der Waals surface area contributed by atoms with Crippen LogP contribution in [-0.4, -0.2) is 29.7 Å². The van der Waals surface area contributed by atoms with Gasteiger partial charge in [0, 0.05) is 6.54 Å². The normalized spacial score (nSPS) is 31.3. The predicted octanol–water partition coefficient (Wildman–Crippen LogP) is -1.25. The van der Waals surface area contributed by atoms with Gasteiger partial charge in [-0.25, -0.2) is 0 Å². The molecule has 0 aromatic rings. The number of carbonyl (C=O) groups is 1. The lowest BCUT2D eigenvalue weighted by molar-refractivity contribution is -0.119. The summed E-state index contributed by atoms with van der Waals surface area (Å²) in [6.45, 7) is 2.18. The van der Waals surface area contributed by atoms with E-state index in [1.807, 2.05) is 0 Å². The molecule has 1 amide bonds. The van der Waals surface area contributed by atoms with Gasteiger partial charge in [-0.15, -0.1) is 0 Å². The van der Waals surface area contributed by atoms with Crippen molar-refractivity contribution in [1.29, 1.82) is 0 Å². The maximum absolute atomic E-state index is 10.6. The highest BCUT2D eigenvalue weighted by Gasteiger charge is 2.20. The average molecular weight is 156 g/mol. The highest BCUT2D eigenvalue weighted by molar-refractivity contribution is 5.82. The Labute approximate surface area is 65.1 Å². The van der Waals surface area contributed by atoms with Gasteiger partial charge in [0.2, 0.25) is 5.91 Å². The average Bonchev–Trinajstić information content (AvgIpc) is 1.94. The number of amides is 1. The number of rotatable bonds is 1. The third-order valence-electron chi connectivity index (χ3n) is 1.79. The number of β-amino-alcohol motifs (C(OH)–C–C–N with tert-alkyl or cyclic N) is 1. The van der Waals surface area contributed by atoms with Crippen LogP contribution >= 0.6 is 0 Å². The lowest BCUT2D eigenvalue weighted by Crippen LogP contribution is -2.47. The molecule has 1 heterocycles. The van der Waals surface area contributed by atoms with Gasteiger partial charge in [-0.2, -0.15) is 0 Å². The van der Waals surface area contributed by atoms with Crippen molar-refractivity contribution in [1.82, 2.24) is 5.32 Å². The van der Waals surface area contributed by atoms with Gasteiger partial charge in [-0.1, -0.05) is 6.08 Å². The smallest absolute Gasteiger partial charge is 0.238 e. The number of hydrogen-bond acceptors (Lipinski definition) is 3. The van der Waals surface area contributed by atoms with E-state index in [1.54, 1.807) is 13.0 Å². The lowest BCUT2D eigenvalue weighted by Gasteiger charge is -2.22. The zero-order valence-corrected chi connectivity index (χ0v) is 6.37. The summed E-state index contributed by atoms with van der Waals surface area (Å²) < 4.78 is 0. The van der Waals surface area contributed by atoms with Gasteiger partial charge in [0.25, 0.3) is 0 Å². The van der Waals surface area contributed by atoms with Crippen molar-refractivity contribution in [3.05, 3.63) is 11.6 Å². The highest BCUT2D eigenvalue weighted by atomic mass is 16.3. The molecule has 0 radical (unpaired) electrons. The minimum Gasteiger partial charge on any atom is -0.387 e. The molecule has 1 rings (SSSR count). The molecule has 4 heteroatoms. The Morgan fingerprint density at radius 2 is 2.55 bits per heavy atom. The van der Waals surface area contributed by atoms with Gasteiger partial charge >= 0.3 is 0 Å². The van der Waals surface area contributed by atoms with Crippen LogP contribution in [0.1, 0.15) is 6.92 Å². The fourth-order valence-corrected chi connectivity index (χ4v) is 1.02. The maximum Gasteiger partial charge on any atom is 0.238 e. The minimum atomic E-state index is -0.481. The van der Waals surface area contributed by atoms with E-state index in [0.29, 0.717) is 6.54 Å². The summed E-state index contributed by atoms with van der Waals surface area (Å²) in [5.41, 5.74) is 5.85. The van der Waals surface area contributed by atoms with Gasteiger partial charge in [0.15, 0.2) is 0 Å². The molecule has 62 valence electrons. The molecule has 11 heavy (non-hydrogen) atoms. The highest BCUT2D eigenvalue weighted by Crippen LogP contribution is 2.07. The first-order chi connectivity index (χ1) is 5.11. The van der Waals surface area contributed by atoms with E-state index >= 15 is 0 Å². The molecule has 0 spiro atoms. The molecule has 4 N–H and O–H groups in total. The third kappa shape index (κ3) is 1.78. The minimum absolute atomic E-state index is 0.399. The number of carbonyl (C=O) groups excluding carboxylic acids is 1. The van der Waals surface area contributed by atoms with Gasteiger partial charge in [-0.05, 0) is 12.5 Å². The van der Waals surface area contributed by atoms with Crippen molar-refractivity contribution >= 4 is 5.91 Å². The zero-order chi connectivity index (χ0) is 8.43. The monoisotopic (exact) mass is 156 g/mol. The number of nitrogens with one attached hydrogen (secondary N) is 1. The number of primary amides is 1. The largest absolute Gasteiger partial charge is 0.387 e. The van der Waals surface area contributed by atoms with Crippen molar-refractivity contribution in [2.75, 3.05) is 6.54 Å². The molecule has 0 fully saturated rings. The Morgan fingerprint density at radius 1 is 1.91 bits per heavy atom. The summed E-state index contributed by atoms with van der Waals surface area (Å²) in [6, 6.07) is -0.418. The summed E-state index contributed by atoms with van der Waals surface area (Å²) in [5.74, 6) is -0.406. The van der Waals surface area contributed by atoms with Gasteiger partial charge in [0.05, 0.1) is 6.10 Å². The van der Waals surface area contributed by atoms with Gasteiger partial charge < -0.3 is 10.8 Å². The molecule has 0 aliphatic carbocycles. The van der Waals surface area contributed by atoms with Crippen LogP contribution < -0.4 is 11.1 Å². The van der Waals surface area contributed by atoms with E-state index in [-0.39, 0.29) is 0 Å². The van der Waals surface area contributed by atoms with E-state index in [2.05, 4.69) is 5.32 Å².